The molecule has 1 amide bonds. The highest BCUT2D eigenvalue weighted by Crippen LogP contribution is 2.43. The van der Waals surface area contributed by atoms with Crippen molar-refractivity contribution >= 4 is 17.4 Å². The lowest BCUT2D eigenvalue weighted by atomic mass is 9.96. The lowest BCUT2D eigenvalue weighted by Gasteiger charge is -2.33. The Bertz CT molecular complexity index is 1120. The van der Waals surface area contributed by atoms with Gasteiger partial charge in [-0.15, -0.1) is 0 Å². The fourth-order valence-electron chi connectivity index (χ4n) is 3.72. The van der Waals surface area contributed by atoms with Crippen molar-refractivity contribution in [3.8, 4) is 0 Å². The number of carbonyl (C=O) groups excluding carboxylic acids is 1. The number of benzene rings is 2. The molecule has 0 radical (unpaired) electrons. The second-order valence-corrected chi connectivity index (χ2v) is 8.01. The van der Waals surface area contributed by atoms with Crippen LogP contribution in [-0.2, 0) is 0 Å². The molecule has 0 spiro atoms. The number of amides is 1. The van der Waals surface area contributed by atoms with Gasteiger partial charge in [-0.1, -0.05) is 35.9 Å². The molecule has 1 aliphatic rings. The zero-order chi connectivity index (χ0) is 22.3. The van der Waals surface area contributed by atoms with E-state index >= 15 is 0 Å². The van der Waals surface area contributed by atoms with Crippen LogP contribution in [0.4, 0.5) is 24.7 Å². The van der Waals surface area contributed by atoms with Gasteiger partial charge < -0.3 is 10.6 Å². The molecule has 2 N–H and O–H groups in total. The van der Waals surface area contributed by atoms with E-state index in [0.717, 1.165) is 26.9 Å². The molecule has 31 heavy (non-hydrogen) atoms. The minimum atomic E-state index is -4.49. The highest BCUT2D eigenvalue weighted by molar-refractivity contribution is 6.03. The lowest BCUT2D eigenvalue weighted by Crippen LogP contribution is -2.35. The Morgan fingerprint density at radius 1 is 1.06 bits per heavy atom. The number of fused-ring (bicyclic) bond motifs is 1. The summed E-state index contributed by atoms with van der Waals surface area (Å²) in [5.41, 5.74) is 4.36. The number of rotatable bonds is 3. The topological polar surface area (TPSA) is 59.0 Å². The number of anilines is 2. The number of hydrogen-bond donors (Lipinski definition) is 2. The average Bonchev–Trinajstić information content (AvgIpc) is 3.14. The van der Waals surface area contributed by atoms with E-state index in [0.29, 0.717) is 5.69 Å². The van der Waals surface area contributed by atoms with Crippen LogP contribution in [0, 0.1) is 20.8 Å². The maximum absolute atomic E-state index is 13.8. The van der Waals surface area contributed by atoms with E-state index in [1.165, 1.54) is 6.07 Å². The van der Waals surface area contributed by atoms with Crippen molar-refractivity contribution in [2.24, 2.45) is 0 Å². The summed E-state index contributed by atoms with van der Waals surface area (Å²) in [4.78, 5) is 12.7. The summed E-state index contributed by atoms with van der Waals surface area (Å²) in [6, 6.07) is 11.8. The molecule has 0 fully saturated rings. The molecule has 0 saturated carbocycles. The molecule has 2 atom stereocenters. The minimum absolute atomic E-state index is 0.0699. The zero-order valence-corrected chi connectivity index (χ0v) is 17.4. The normalized spacial score (nSPS) is 18.3. The Hall–Kier alpha value is -3.29. The van der Waals surface area contributed by atoms with E-state index < -0.39 is 24.2 Å². The van der Waals surface area contributed by atoms with Gasteiger partial charge in [0.2, 0.25) is 0 Å². The predicted molar refractivity (Wildman–Crippen MR) is 113 cm³/mol. The van der Waals surface area contributed by atoms with Gasteiger partial charge in [-0.25, -0.2) is 4.68 Å². The van der Waals surface area contributed by atoms with E-state index in [4.69, 9.17) is 0 Å². The van der Waals surface area contributed by atoms with Crippen LogP contribution in [0.5, 0.6) is 0 Å². The van der Waals surface area contributed by atoms with Crippen LogP contribution in [0.2, 0.25) is 0 Å². The lowest BCUT2D eigenvalue weighted by molar-refractivity contribution is -0.173. The molecular formula is C23H23F3N4O. The molecule has 1 aliphatic heterocycles. The number of nitrogens with zero attached hydrogens (tertiary/aromatic N) is 2. The Balaban J connectivity index is 1.63. The van der Waals surface area contributed by atoms with Crippen molar-refractivity contribution in [3.05, 3.63) is 76.5 Å². The van der Waals surface area contributed by atoms with Crippen molar-refractivity contribution in [3.63, 3.8) is 0 Å². The van der Waals surface area contributed by atoms with Crippen LogP contribution >= 0.6 is 0 Å². The molecule has 4 rings (SSSR count). The summed E-state index contributed by atoms with van der Waals surface area (Å²) in [5.74, 6) is -0.385. The van der Waals surface area contributed by atoms with Crippen LogP contribution in [0.25, 0.3) is 0 Å². The second-order valence-electron chi connectivity index (χ2n) is 8.01. The summed E-state index contributed by atoms with van der Waals surface area (Å²) in [6.45, 7) is 5.80. The van der Waals surface area contributed by atoms with E-state index in [9.17, 15) is 18.0 Å². The molecule has 3 aromatic rings. The smallest absolute Gasteiger partial charge is 0.363 e. The van der Waals surface area contributed by atoms with Gasteiger partial charge in [0.15, 0.2) is 11.7 Å². The Morgan fingerprint density at radius 2 is 1.77 bits per heavy atom. The second kappa shape index (κ2) is 7.76. The van der Waals surface area contributed by atoms with Crippen molar-refractivity contribution in [1.29, 1.82) is 0 Å². The third-order valence-corrected chi connectivity index (χ3v) is 5.67. The monoisotopic (exact) mass is 428 g/mol. The number of aryl methyl sites for hydroxylation is 3. The number of carbonyl (C=O) groups is 1. The fourth-order valence-corrected chi connectivity index (χ4v) is 3.72. The van der Waals surface area contributed by atoms with Crippen molar-refractivity contribution in [1.82, 2.24) is 9.78 Å². The number of nitrogens with one attached hydrogen (secondary N) is 2. The number of alkyl halides is 3. The Morgan fingerprint density at radius 3 is 2.42 bits per heavy atom. The summed E-state index contributed by atoms with van der Waals surface area (Å²) in [7, 11) is 0. The maximum atomic E-state index is 13.8. The molecule has 1 aromatic heterocycles. The van der Waals surface area contributed by atoms with Crippen molar-refractivity contribution in [2.45, 2.75) is 45.5 Å². The van der Waals surface area contributed by atoms with Crippen molar-refractivity contribution < 1.29 is 18.0 Å². The third kappa shape index (κ3) is 4.28. The molecule has 0 aliphatic carbocycles. The first-order valence-electron chi connectivity index (χ1n) is 10.00. The number of hydrogen-bond acceptors (Lipinski definition) is 3. The van der Waals surface area contributed by atoms with Crippen LogP contribution in [0.15, 0.2) is 48.5 Å². The van der Waals surface area contributed by atoms with E-state index in [2.05, 4.69) is 15.7 Å². The molecule has 2 aromatic carbocycles. The molecular weight excluding hydrogens is 405 g/mol. The van der Waals surface area contributed by atoms with E-state index in [1.807, 2.05) is 57.2 Å². The predicted octanol–water partition coefficient (Wildman–Crippen LogP) is 5.72. The average molecular weight is 428 g/mol. The summed E-state index contributed by atoms with van der Waals surface area (Å²) in [6.07, 6.45) is -4.70. The highest BCUT2D eigenvalue weighted by Gasteiger charge is 2.46. The van der Waals surface area contributed by atoms with Crippen LogP contribution < -0.4 is 10.6 Å². The van der Waals surface area contributed by atoms with Gasteiger partial charge in [-0.2, -0.15) is 18.3 Å². The molecule has 8 heteroatoms. The van der Waals surface area contributed by atoms with Gasteiger partial charge in [-0.05, 0) is 49.6 Å². The van der Waals surface area contributed by atoms with Gasteiger partial charge >= 0.3 is 6.18 Å². The standard InChI is InChI=1S/C23H23F3N4O/c1-13-4-7-16(8-5-13)18-11-20(23(24,25)26)30-21(28-18)12-19(29-30)22(31)27-17-9-6-14(2)15(3)10-17/h4-10,12,18,20,28H,11H2,1-3H3,(H,27,31)/t18-,20-/m1/s1. The van der Waals surface area contributed by atoms with Gasteiger partial charge in [0.05, 0.1) is 6.04 Å². The first-order chi connectivity index (χ1) is 14.6. The minimum Gasteiger partial charge on any atom is -0.363 e. The van der Waals surface area contributed by atoms with E-state index in [-0.39, 0.29) is 17.9 Å². The molecule has 0 saturated heterocycles. The number of halogens is 3. The van der Waals surface area contributed by atoms with Gasteiger partial charge in [0.25, 0.3) is 5.91 Å². The fraction of sp³-hybridized carbons (Fsp3) is 0.304. The quantitative estimate of drug-likeness (QED) is 0.561. The van der Waals surface area contributed by atoms with Crippen molar-refractivity contribution in [2.75, 3.05) is 10.6 Å². The summed E-state index contributed by atoms with van der Waals surface area (Å²) in [5, 5.41) is 9.82. The first kappa shape index (κ1) is 21.0. The molecule has 162 valence electrons. The Kier molecular flexibility index (Phi) is 5.24. The number of aromatic nitrogens is 2. The summed E-state index contributed by atoms with van der Waals surface area (Å²) < 4.78 is 42.3. The van der Waals surface area contributed by atoms with Gasteiger partial charge in [0.1, 0.15) is 5.82 Å². The SMILES string of the molecule is Cc1ccc([C@H]2C[C@H](C(F)(F)F)n3nc(C(=O)Nc4ccc(C)c(C)c4)cc3N2)cc1. The summed E-state index contributed by atoms with van der Waals surface area (Å²) >= 11 is 0. The Labute approximate surface area is 178 Å². The van der Waals surface area contributed by atoms with Gasteiger partial charge in [0, 0.05) is 18.2 Å². The molecule has 0 unspecified atom stereocenters. The molecule has 5 nitrogen and oxygen atoms in total. The van der Waals surface area contributed by atoms with Crippen LogP contribution in [0.1, 0.15) is 51.2 Å². The third-order valence-electron chi connectivity index (χ3n) is 5.67. The first-order valence-corrected chi connectivity index (χ1v) is 10.00. The van der Waals surface area contributed by atoms with Crippen LogP contribution in [-0.4, -0.2) is 21.9 Å². The van der Waals surface area contributed by atoms with E-state index in [1.54, 1.807) is 6.07 Å². The van der Waals surface area contributed by atoms with Gasteiger partial charge in [-0.3, -0.25) is 4.79 Å². The maximum Gasteiger partial charge on any atom is 0.410 e. The van der Waals surface area contributed by atoms with Crippen LogP contribution in [0.3, 0.4) is 0 Å². The molecule has 0 bridgehead atoms. The highest BCUT2D eigenvalue weighted by atomic mass is 19.4. The largest absolute Gasteiger partial charge is 0.410 e. The zero-order valence-electron chi connectivity index (χ0n) is 17.4. The molecule has 2 heterocycles.